The van der Waals surface area contributed by atoms with Crippen LogP contribution >= 0.6 is 8.58 Å². The van der Waals surface area contributed by atoms with Gasteiger partial charge in [-0.1, -0.05) is 26.0 Å². The van der Waals surface area contributed by atoms with E-state index in [1.54, 1.807) is 12.1 Å². The first kappa shape index (κ1) is 16.0. The molecule has 1 aromatic carbocycles. The minimum absolute atomic E-state index is 0.0994. The van der Waals surface area contributed by atoms with Gasteiger partial charge < -0.3 is 5.11 Å². The molecule has 0 bridgehead atoms. The maximum Gasteiger partial charge on any atom is 0.123 e. The SMILES string of the molecule is CC.CPC.OCc1cccc(F)c1. The van der Waals surface area contributed by atoms with Crippen molar-refractivity contribution in [2.75, 3.05) is 13.3 Å². The number of hydrogen-bond donors (Lipinski definition) is 1. The van der Waals surface area contributed by atoms with Crippen LogP contribution in [0.3, 0.4) is 0 Å². The largest absolute Gasteiger partial charge is 0.392 e. The fourth-order valence-corrected chi connectivity index (χ4v) is 0.635. The number of hydrogen-bond acceptors (Lipinski definition) is 1. The van der Waals surface area contributed by atoms with Crippen molar-refractivity contribution < 1.29 is 9.50 Å². The number of rotatable bonds is 1. The normalized spacial score (nSPS) is 7.86. The van der Waals surface area contributed by atoms with Crippen LogP contribution in [0.4, 0.5) is 4.39 Å². The molecule has 1 aromatic rings. The van der Waals surface area contributed by atoms with Crippen LogP contribution in [0.15, 0.2) is 24.3 Å². The Bertz CT molecular complexity index is 216. The Labute approximate surface area is 88.1 Å². The van der Waals surface area contributed by atoms with Crippen molar-refractivity contribution in [1.29, 1.82) is 0 Å². The number of aliphatic hydroxyl groups excluding tert-OH is 1. The summed E-state index contributed by atoms with van der Waals surface area (Å²) in [6.07, 6.45) is 0. The van der Waals surface area contributed by atoms with Gasteiger partial charge in [0.05, 0.1) is 6.61 Å². The molecular weight excluding hydrogens is 198 g/mol. The van der Waals surface area contributed by atoms with Gasteiger partial charge >= 0.3 is 0 Å². The second-order valence-corrected chi connectivity index (χ2v) is 3.29. The molecule has 3 heteroatoms. The summed E-state index contributed by atoms with van der Waals surface area (Å²) in [6, 6.07) is 5.89. The number of benzene rings is 1. The second kappa shape index (κ2) is 12.5. The van der Waals surface area contributed by atoms with Gasteiger partial charge in [0.15, 0.2) is 0 Å². The van der Waals surface area contributed by atoms with E-state index in [1.807, 2.05) is 13.8 Å². The van der Waals surface area contributed by atoms with Crippen molar-refractivity contribution in [3.8, 4) is 0 Å². The van der Waals surface area contributed by atoms with Gasteiger partial charge in [0.2, 0.25) is 0 Å². The average Bonchev–Trinajstić information content (AvgIpc) is 2.22. The van der Waals surface area contributed by atoms with Gasteiger partial charge in [0.1, 0.15) is 5.82 Å². The van der Waals surface area contributed by atoms with E-state index >= 15 is 0 Å². The van der Waals surface area contributed by atoms with E-state index in [2.05, 4.69) is 13.3 Å². The van der Waals surface area contributed by atoms with E-state index in [9.17, 15) is 4.39 Å². The Balaban J connectivity index is 0. The maximum atomic E-state index is 12.2. The van der Waals surface area contributed by atoms with Crippen LogP contribution < -0.4 is 0 Å². The molecule has 0 saturated heterocycles. The first-order valence-electron chi connectivity index (χ1n) is 4.68. The van der Waals surface area contributed by atoms with Crippen molar-refractivity contribution >= 4 is 8.58 Å². The second-order valence-electron chi connectivity index (χ2n) is 2.29. The molecule has 0 aromatic heterocycles. The summed E-state index contributed by atoms with van der Waals surface area (Å²) in [5.74, 6) is -0.304. The Morgan fingerprint density at radius 1 is 1.29 bits per heavy atom. The average molecular weight is 218 g/mol. The van der Waals surface area contributed by atoms with Gasteiger partial charge in [-0.05, 0) is 31.0 Å². The molecule has 0 amide bonds. The fraction of sp³-hybridized carbons (Fsp3) is 0.455. The molecule has 0 fully saturated rings. The standard InChI is InChI=1S/C7H7FO.C2H7P.C2H6/c8-7-3-1-2-6(4-7)5-9;1-3-2;1-2/h1-4,9H,5H2;3H,1-2H3;1-2H3. The zero-order chi connectivity index (χ0) is 11.4. The Kier molecular flexibility index (Phi) is 14.3. The predicted molar refractivity (Wildman–Crippen MR) is 63.8 cm³/mol. The molecular formula is C11H20FOP. The van der Waals surface area contributed by atoms with Gasteiger partial charge in [0.25, 0.3) is 0 Å². The molecule has 1 N–H and O–H groups in total. The molecule has 14 heavy (non-hydrogen) atoms. The first-order valence-corrected chi connectivity index (χ1v) is 6.68. The molecule has 0 atom stereocenters. The summed E-state index contributed by atoms with van der Waals surface area (Å²) < 4.78 is 12.2. The Morgan fingerprint density at radius 3 is 2.07 bits per heavy atom. The lowest BCUT2D eigenvalue weighted by molar-refractivity contribution is 0.281. The molecule has 0 aliphatic heterocycles. The monoisotopic (exact) mass is 218 g/mol. The first-order chi connectivity index (χ1) is 6.74. The molecule has 0 radical (unpaired) electrons. The third-order valence-corrected chi connectivity index (χ3v) is 1.07. The van der Waals surface area contributed by atoms with Crippen LogP contribution in [0.2, 0.25) is 0 Å². The molecule has 0 saturated carbocycles. The van der Waals surface area contributed by atoms with Crippen molar-refractivity contribution in [2.45, 2.75) is 20.5 Å². The van der Waals surface area contributed by atoms with Crippen LogP contribution in [-0.4, -0.2) is 18.4 Å². The summed E-state index contributed by atoms with van der Waals surface area (Å²) in [5, 5.41) is 8.50. The van der Waals surface area contributed by atoms with Crippen LogP contribution in [0.25, 0.3) is 0 Å². The maximum absolute atomic E-state index is 12.2. The lowest BCUT2D eigenvalue weighted by Gasteiger charge is -1.92. The van der Waals surface area contributed by atoms with E-state index in [4.69, 9.17) is 5.11 Å². The molecule has 0 unspecified atom stereocenters. The molecule has 0 aliphatic rings. The summed E-state index contributed by atoms with van der Waals surface area (Å²) in [7, 11) is 1.08. The van der Waals surface area contributed by atoms with Crippen LogP contribution in [-0.2, 0) is 6.61 Å². The zero-order valence-corrected chi connectivity index (χ0v) is 10.3. The smallest absolute Gasteiger partial charge is 0.123 e. The lowest BCUT2D eigenvalue weighted by Crippen LogP contribution is -1.82. The van der Waals surface area contributed by atoms with E-state index in [0.29, 0.717) is 5.56 Å². The van der Waals surface area contributed by atoms with E-state index in [0.717, 1.165) is 8.58 Å². The minimum Gasteiger partial charge on any atom is -0.392 e. The lowest BCUT2D eigenvalue weighted by atomic mass is 10.2. The van der Waals surface area contributed by atoms with Gasteiger partial charge in [0, 0.05) is 0 Å². The third kappa shape index (κ3) is 9.63. The third-order valence-electron chi connectivity index (χ3n) is 1.07. The van der Waals surface area contributed by atoms with Crippen molar-refractivity contribution in [1.82, 2.24) is 0 Å². The highest BCUT2D eigenvalue weighted by Gasteiger charge is 1.89. The van der Waals surface area contributed by atoms with Gasteiger partial charge in [-0.3, -0.25) is 0 Å². The van der Waals surface area contributed by atoms with Crippen LogP contribution in [0.5, 0.6) is 0 Å². The van der Waals surface area contributed by atoms with Gasteiger partial charge in [-0.25, -0.2) is 4.39 Å². The van der Waals surface area contributed by atoms with Gasteiger partial charge in [-0.2, -0.15) is 0 Å². The Morgan fingerprint density at radius 2 is 1.79 bits per heavy atom. The topological polar surface area (TPSA) is 20.2 Å². The molecule has 82 valence electrons. The Hall–Kier alpha value is -0.460. The summed E-state index contributed by atoms with van der Waals surface area (Å²) in [5.41, 5.74) is 0.606. The van der Waals surface area contributed by atoms with Crippen LogP contribution in [0, 0.1) is 5.82 Å². The summed E-state index contributed by atoms with van der Waals surface area (Å²) in [4.78, 5) is 0. The molecule has 0 aliphatic carbocycles. The predicted octanol–water partition coefficient (Wildman–Crippen LogP) is 3.27. The minimum atomic E-state index is -0.304. The summed E-state index contributed by atoms with van der Waals surface area (Å²) >= 11 is 0. The van der Waals surface area contributed by atoms with Crippen molar-refractivity contribution in [2.24, 2.45) is 0 Å². The van der Waals surface area contributed by atoms with Crippen molar-refractivity contribution in [3.05, 3.63) is 35.6 Å². The van der Waals surface area contributed by atoms with Crippen LogP contribution in [0.1, 0.15) is 19.4 Å². The zero-order valence-electron chi connectivity index (χ0n) is 9.34. The molecule has 0 heterocycles. The van der Waals surface area contributed by atoms with E-state index in [1.165, 1.54) is 12.1 Å². The highest BCUT2D eigenvalue weighted by atomic mass is 31.1. The van der Waals surface area contributed by atoms with E-state index in [-0.39, 0.29) is 12.4 Å². The van der Waals surface area contributed by atoms with Gasteiger partial charge in [-0.15, -0.1) is 8.58 Å². The molecule has 1 rings (SSSR count). The quantitative estimate of drug-likeness (QED) is 0.717. The number of halogens is 1. The summed E-state index contributed by atoms with van der Waals surface area (Å²) in [6.45, 7) is 8.21. The highest BCUT2D eigenvalue weighted by molar-refractivity contribution is 7.35. The molecule has 1 nitrogen and oxygen atoms in total. The highest BCUT2D eigenvalue weighted by Crippen LogP contribution is 2.01. The number of aliphatic hydroxyl groups is 1. The fourth-order valence-electron chi connectivity index (χ4n) is 0.635. The molecule has 0 spiro atoms. The van der Waals surface area contributed by atoms with Crippen molar-refractivity contribution in [3.63, 3.8) is 0 Å². The van der Waals surface area contributed by atoms with E-state index < -0.39 is 0 Å².